The predicted molar refractivity (Wildman–Crippen MR) is 72.2 cm³/mol. The first kappa shape index (κ1) is 12.1. The molecule has 0 spiro atoms. The summed E-state index contributed by atoms with van der Waals surface area (Å²) in [5.74, 6) is -0.589. The summed E-state index contributed by atoms with van der Waals surface area (Å²) < 4.78 is 0. The summed E-state index contributed by atoms with van der Waals surface area (Å²) in [5.41, 5.74) is 6.88. The van der Waals surface area contributed by atoms with Crippen molar-refractivity contribution in [2.75, 3.05) is 19.0 Å². The molecule has 0 atom stereocenters. The number of anilines is 1. The average Bonchev–Trinajstić information content (AvgIpc) is 2.36. The highest BCUT2D eigenvalue weighted by atomic mass is 16.1. The molecular formula is C14H14N2O2. The largest absolute Gasteiger partial charge is 0.378 e. The summed E-state index contributed by atoms with van der Waals surface area (Å²) in [6, 6.07) is 9.18. The van der Waals surface area contributed by atoms with Gasteiger partial charge in [-0.25, -0.2) is 0 Å². The van der Waals surface area contributed by atoms with E-state index < -0.39 is 5.91 Å². The van der Waals surface area contributed by atoms with E-state index in [1.165, 1.54) is 0 Å². The van der Waals surface area contributed by atoms with E-state index in [0.717, 1.165) is 16.5 Å². The van der Waals surface area contributed by atoms with Crippen molar-refractivity contribution in [3.8, 4) is 0 Å². The highest BCUT2D eigenvalue weighted by Gasteiger charge is 2.10. The van der Waals surface area contributed by atoms with Gasteiger partial charge in [0.2, 0.25) is 5.91 Å². The lowest BCUT2D eigenvalue weighted by Gasteiger charge is -2.13. The molecule has 0 saturated heterocycles. The van der Waals surface area contributed by atoms with Crippen LogP contribution < -0.4 is 10.6 Å². The topological polar surface area (TPSA) is 63.4 Å². The van der Waals surface area contributed by atoms with Crippen LogP contribution in [0.2, 0.25) is 0 Å². The van der Waals surface area contributed by atoms with Crippen molar-refractivity contribution in [2.45, 2.75) is 0 Å². The number of benzene rings is 2. The summed E-state index contributed by atoms with van der Waals surface area (Å²) in [7, 11) is 3.88. The number of aldehydes is 1. The van der Waals surface area contributed by atoms with Gasteiger partial charge in [-0.15, -0.1) is 0 Å². The molecule has 0 bridgehead atoms. The molecule has 1 amide bonds. The molecule has 0 aliphatic heterocycles. The van der Waals surface area contributed by atoms with Gasteiger partial charge in [-0.2, -0.15) is 0 Å². The third kappa shape index (κ3) is 2.05. The number of hydrogen-bond donors (Lipinski definition) is 1. The second-order valence-electron chi connectivity index (χ2n) is 4.35. The lowest BCUT2D eigenvalue weighted by atomic mass is 10.0. The van der Waals surface area contributed by atoms with Crippen molar-refractivity contribution < 1.29 is 9.59 Å². The Morgan fingerprint density at radius 2 is 1.89 bits per heavy atom. The van der Waals surface area contributed by atoms with Crippen LogP contribution in [0.25, 0.3) is 10.8 Å². The molecule has 2 aromatic rings. The van der Waals surface area contributed by atoms with Crippen molar-refractivity contribution in [3.63, 3.8) is 0 Å². The van der Waals surface area contributed by atoms with Gasteiger partial charge < -0.3 is 10.6 Å². The minimum Gasteiger partial charge on any atom is -0.378 e. The fraction of sp³-hybridized carbons (Fsp3) is 0.143. The van der Waals surface area contributed by atoms with E-state index in [2.05, 4.69) is 0 Å². The maximum Gasteiger partial charge on any atom is 0.249 e. The number of fused-ring (bicyclic) bond motifs is 1. The van der Waals surface area contributed by atoms with Crippen molar-refractivity contribution in [1.82, 2.24) is 0 Å². The zero-order chi connectivity index (χ0) is 13.3. The molecule has 4 heteroatoms. The lowest BCUT2D eigenvalue weighted by Crippen LogP contribution is -2.13. The van der Waals surface area contributed by atoms with E-state index in [1.807, 2.05) is 37.2 Å². The number of primary amides is 1. The van der Waals surface area contributed by atoms with Gasteiger partial charge in [0.05, 0.1) is 5.56 Å². The first-order valence-corrected chi connectivity index (χ1v) is 5.53. The van der Waals surface area contributed by atoms with Crippen molar-refractivity contribution in [2.24, 2.45) is 5.73 Å². The van der Waals surface area contributed by atoms with Crippen molar-refractivity contribution >= 4 is 28.7 Å². The molecule has 0 aromatic heterocycles. The SMILES string of the molecule is CN(C)c1ccc2cc(C=O)c(C(N)=O)cc2c1. The van der Waals surface area contributed by atoms with Crippen molar-refractivity contribution in [3.05, 3.63) is 41.5 Å². The maximum absolute atomic E-state index is 11.3. The molecule has 0 aliphatic carbocycles. The third-order valence-corrected chi connectivity index (χ3v) is 2.90. The highest BCUT2D eigenvalue weighted by molar-refractivity contribution is 6.05. The Morgan fingerprint density at radius 3 is 2.44 bits per heavy atom. The average molecular weight is 242 g/mol. The Morgan fingerprint density at radius 1 is 1.17 bits per heavy atom. The van der Waals surface area contributed by atoms with Crippen LogP contribution in [0.5, 0.6) is 0 Å². The summed E-state index contributed by atoms with van der Waals surface area (Å²) in [6.45, 7) is 0. The number of hydrogen-bond acceptors (Lipinski definition) is 3. The molecule has 4 nitrogen and oxygen atoms in total. The standard InChI is InChI=1S/C14H14N2O2/c1-16(2)12-4-3-9-5-11(8-17)13(14(15)18)7-10(9)6-12/h3-8H,1-2H3,(H2,15,18). The molecule has 2 rings (SSSR count). The molecule has 92 valence electrons. The van der Waals surface area contributed by atoms with Crippen LogP contribution >= 0.6 is 0 Å². The maximum atomic E-state index is 11.3. The number of nitrogens with two attached hydrogens (primary N) is 1. The summed E-state index contributed by atoms with van der Waals surface area (Å²) in [4.78, 5) is 24.2. The molecule has 18 heavy (non-hydrogen) atoms. The molecule has 0 fully saturated rings. The Kier molecular flexibility index (Phi) is 3.02. The second-order valence-corrected chi connectivity index (χ2v) is 4.35. The van der Waals surface area contributed by atoms with Gasteiger partial charge in [0, 0.05) is 25.3 Å². The minimum atomic E-state index is -0.589. The third-order valence-electron chi connectivity index (χ3n) is 2.90. The first-order chi connectivity index (χ1) is 8.52. The summed E-state index contributed by atoms with van der Waals surface area (Å²) in [5, 5.41) is 1.80. The Bertz CT molecular complexity index is 633. The van der Waals surface area contributed by atoms with E-state index in [1.54, 1.807) is 12.1 Å². The van der Waals surface area contributed by atoms with Crippen LogP contribution in [0.15, 0.2) is 30.3 Å². The monoisotopic (exact) mass is 242 g/mol. The van der Waals surface area contributed by atoms with Gasteiger partial charge in [0.25, 0.3) is 0 Å². The zero-order valence-corrected chi connectivity index (χ0v) is 10.3. The molecule has 2 N–H and O–H groups in total. The van der Waals surface area contributed by atoms with E-state index >= 15 is 0 Å². The van der Waals surface area contributed by atoms with Crippen LogP contribution in [0.1, 0.15) is 20.7 Å². The molecule has 0 unspecified atom stereocenters. The molecule has 0 aliphatic rings. The fourth-order valence-electron chi connectivity index (χ4n) is 1.89. The Hall–Kier alpha value is -2.36. The van der Waals surface area contributed by atoms with Crippen LogP contribution in [-0.4, -0.2) is 26.3 Å². The molecule has 0 saturated carbocycles. The van der Waals surface area contributed by atoms with Gasteiger partial charge in [0.15, 0.2) is 6.29 Å². The van der Waals surface area contributed by atoms with E-state index in [4.69, 9.17) is 5.73 Å². The number of carbonyl (C=O) groups excluding carboxylic acids is 2. The quantitative estimate of drug-likeness (QED) is 0.835. The number of nitrogens with zero attached hydrogens (tertiary/aromatic N) is 1. The smallest absolute Gasteiger partial charge is 0.249 e. The minimum absolute atomic E-state index is 0.258. The second kappa shape index (κ2) is 4.49. The summed E-state index contributed by atoms with van der Waals surface area (Å²) >= 11 is 0. The van der Waals surface area contributed by atoms with Crippen LogP contribution in [0, 0.1) is 0 Å². The van der Waals surface area contributed by atoms with Crippen LogP contribution in [-0.2, 0) is 0 Å². The van der Waals surface area contributed by atoms with Gasteiger partial charge in [-0.05, 0) is 35.0 Å². The summed E-state index contributed by atoms with van der Waals surface area (Å²) in [6.07, 6.45) is 0.652. The number of amides is 1. The van der Waals surface area contributed by atoms with Gasteiger partial charge in [-0.3, -0.25) is 9.59 Å². The Labute approximate surface area is 105 Å². The Balaban J connectivity index is 2.72. The van der Waals surface area contributed by atoms with E-state index in [0.29, 0.717) is 11.8 Å². The first-order valence-electron chi connectivity index (χ1n) is 5.53. The van der Waals surface area contributed by atoms with Crippen LogP contribution in [0.4, 0.5) is 5.69 Å². The van der Waals surface area contributed by atoms with Crippen LogP contribution in [0.3, 0.4) is 0 Å². The number of rotatable bonds is 3. The molecular weight excluding hydrogens is 228 g/mol. The van der Waals surface area contributed by atoms with E-state index in [9.17, 15) is 9.59 Å². The number of carbonyl (C=O) groups is 2. The van der Waals surface area contributed by atoms with E-state index in [-0.39, 0.29) is 5.56 Å². The van der Waals surface area contributed by atoms with Gasteiger partial charge >= 0.3 is 0 Å². The van der Waals surface area contributed by atoms with Gasteiger partial charge in [0.1, 0.15) is 0 Å². The fourth-order valence-corrected chi connectivity index (χ4v) is 1.89. The molecule has 0 radical (unpaired) electrons. The van der Waals surface area contributed by atoms with Gasteiger partial charge in [-0.1, -0.05) is 6.07 Å². The lowest BCUT2D eigenvalue weighted by molar-refractivity contribution is 0.0993. The predicted octanol–water partition coefficient (Wildman–Crippen LogP) is 1.82. The molecule has 2 aromatic carbocycles. The molecule has 0 heterocycles. The zero-order valence-electron chi connectivity index (χ0n) is 10.3. The van der Waals surface area contributed by atoms with Crippen molar-refractivity contribution in [1.29, 1.82) is 0 Å². The normalized spacial score (nSPS) is 10.3. The highest BCUT2D eigenvalue weighted by Crippen LogP contribution is 2.24.